The van der Waals surface area contributed by atoms with Crippen LogP contribution in [0.4, 0.5) is 9.18 Å². The summed E-state index contributed by atoms with van der Waals surface area (Å²) in [5, 5.41) is 1.66. The summed E-state index contributed by atoms with van der Waals surface area (Å²) in [6, 6.07) is 11.6. The molecule has 0 saturated heterocycles. The van der Waals surface area contributed by atoms with Crippen LogP contribution in [0.2, 0.25) is 5.02 Å². The smallest absolute Gasteiger partial charge is 0.410 e. The van der Waals surface area contributed by atoms with Gasteiger partial charge in [-0.15, -0.1) is 0 Å². The topological polar surface area (TPSA) is 45.3 Å². The van der Waals surface area contributed by atoms with Crippen LogP contribution in [0.25, 0.3) is 10.9 Å². The number of aromatic amines is 1. The van der Waals surface area contributed by atoms with Crippen molar-refractivity contribution < 1.29 is 13.9 Å². The summed E-state index contributed by atoms with van der Waals surface area (Å²) in [6.07, 6.45) is 0.211. The maximum absolute atomic E-state index is 14.6. The number of H-pyrrole nitrogens is 1. The Morgan fingerprint density at radius 3 is 2.92 bits per heavy atom. The third kappa shape index (κ3) is 2.72. The molecule has 134 valence electrons. The van der Waals surface area contributed by atoms with E-state index in [1.807, 2.05) is 18.2 Å². The summed E-state index contributed by atoms with van der Waals surface area (Å²) in [5.74, 6) is -0.351. The number of halogens is 2. The second-order valence-corrected chi connectivity index (χ2v) is 6.71. The van der Waals surface area contributed by atoms with Crippen LogP contribution < -0.4 is 0 Å². The van der Waals surface area contributed by atoms with Crippen molar-refractivity contribution in [2.75, 3.05) is 13.2 Å². The van der Waals surface area contributed by atoms with Gasteiger partial charge in [-0.3, -0.25) is 4.90 Å². The molecule has 2 aromatic carbocycles. The SMILES string of the molecule is CCOC(=O)N1CCc2c([nH]c3ccc(Cl)cc23)C1c1ccccc1F. The van der Waals surface area contributed by atoms with Gasteiger partial charge in [-0.1, -0.05) is 29.8 Å². The van der Waals surface area contributed by atoms with Gasteiger partial charge in [-0.25, -0.2) is 9.18 Å². The summed E-state index contributed by atoms with van der Waals surface area (Å²) >= 11 is 6.16. The number of nitrogens with zero attached hydrogens (tertiary/aromatic N) is 1. The van der Waals surface area contributed by atoms with Gasteiger partial charge in [0.15, 0.2) is 0 Å². The van der Waals surface area contributed by atoms with Gasteiger partial charge in [0.05, 0.1) is 6.61 Å². The molecule has 0 spiro atoms. The van der Waals surface area contributed by atoms with Gasteiger partial charge in [-0.05, 0) is 43.2 Å². The minimum absolute atomic E-state index is 0.272. The first-order chi connectivity index (χ1) is 12.6. The number of benzene rings is 2. The standard InChI is InChI=1S/C20H18ClFN2O2/c1-2-26-20(25)24-10-9-13-15-11-12(21)7-8-17(15)23-18(13)19(24)14-5-3-4-6-16(14)22/h3-8,11,19,23H,2,9-10H2,1H3. The van der Waals surface area contributed by atoms with E-state index in [0.29, 0.717) is 23.6 Å². The highest BCUT2D eigenvalue weighted by molar-refractivity contribution is 6.31. The minimum atomic E-state index is -0.565. The summed E-state index contributed by atoms with van der Waals surface area (Å²) < 4.78 is 19.8. The number of carbonyl (C=O) groups is 1. The average Bonchev–Trinajstić information content (AvgIpc) is 2.99. The van der Waals surface area contributed by atoms with Crippen molar-refractivity contribution in [3.63, 3.8) is 0 Å². The van der Waals surface area contributed by atoms with Crippen LogP contribution in [0, 0.1) is 5.82 Å². The third-order valence-corrected chi connectivity index (χ3v) is 5.03. The molecule has 1 amide bonds. The molecule has 0 radical (unpaired) electrons. The highest BCUT2D eigenvalue weighted by Crippen LogP contribution is 2.40. The number of nitrogens with one attached hydrogen (secondary N) is 1. The first-order valence-corrected chi connectivity index (χ1v) is 8.95. The Bertz CT molecular complexity index is 985. The first kappa shape index (κ1) is 16.9. The molecule has 1 unspecified atom stereocenters. The van der Waals surface area contributed by atoms with Gasteiger partial charge in [0.2, 0.25) is 0 Å². The first-order valence-electron chi connectivity index (χ1n) is 8.58. The lowest BCUT2D eigenvalue weighted by molar-refractivity contribution is 0.0926. The summed E-state index contributed by atoms with van der Waals surface area (Å²) in [5.41, 5.74) is 3.24. The predicted octanol–water partition coefficient (Wildman–Crippen LogP) is 5.06. The molecule has 0 aliphatic carbocycles. The fourth-order valence-corrected chi connectivity index (χ4v) is 3.86. The lowest BCUT2D eigenvalue weighted by Gasteiger charge is -2.35. The number of hydrogen-bond acceptors (Lipinski definition) is 2. The quantitative estimate of drug-likeness (QED) is 0.683. The van der Waals surface area contributed by atoms with Crippen LogP contribution in [0.3, 0.4) is 0 Å². The molecule has 1 aromatic heterocycles. The zero-order valence-corrected chi connectivity index (χ0v) is 15.0. The number of ether oxygens (including phenoxy) is 1. The molecule has 3 aromatic rings. The van der Waals surface area contributed by atoms with Gasteiger partial charge in [0.1, 0.15) is 11.9 Å². The van der Waals surface area contributed by atoms with Crippen LogP contribution in [-0.2, 0) is 11.2 Å². The Labute approximate surface area is 155 Å². The van der Waals surface area contributed by atoms with Crippen LogP contribution in [0.5, 0.6) is 0 Å². The molecule has 26 heavy (non-hydrogen) atoms. The van der Waals surface area contributed by atoms with Crippen LogP contribution in [0.1, 0.15) is 29.8 Å². The van der Waals surface area contributed by atoms with Crippen molar-refractivity contribution in [3.05, 3.63) is 70.1 Å². The average molecular weight is 373 g/mol. The molecule has 4 rings (SSSR count). The maximum atomic E-state index is 14.6. The summed E-state index contributed by atoms with van der Waals surface area (Å²) in [7, 11) is 0. The van der Waals surface area contributed by atoms with Crippen molar-refractivity contribution in [1.29, 1.82) is 0 Å². The van der Waals surface area contributed by atoms with E-state index in [-0.39, 0.29) is 12.4 Å². The van der Waals surface area contributed by atoms with Gasteiger partial charge < -0.3 is 9.72 Å². The molecule has 0 bridgehead atoms. The Hall–Kier alpha value is -2.53. The highest BCUT2D eigenvalue weighted by atomic mass is 35.5. The Morgan fingerprint density at radius 2 is 2.15 bits per heavy atom. The van der Waals surface area contributed by atoms with Crippen molar-refractivity contribution in [2.45, 2.75) is 19.4 Å². The zero-order chi connectivity index (χ0) is 18.3. The lowest BCUT2D eigenvalue weighted by atomic mass is 9.92. The normalized spacial score (nSPS) is 16.6. The largest absolute Gasteiger partial charge is 0.450 e. The van der Waals surface area contributed by atoms with E-state index >= 15 is 0 Å². The number of amides is 1. The molecule has 1 aliphatic rings. The summed E-state index contributed by atoms with van der Waals surface area (Å²) in [6.45, 7) is 2.48. The van der Waals surface area contributed by atoms with Gasteiger partial charge in [-0.2, -0.15) is 0 Å². The molecule has 1 atom stereocenters. The predicted molar refractivity (Wildman–Crippen MR) is 99.0 cm³/mol. The monoisotopic (exact) mass is 372 g/mol. The highest BCUT2D eigenvalue weighted by Gasteiger charge is 2.36. The van der Waals surface area contributed by atoms with E-state index < -0.39 is 12.1 Å². The van der Waals surface area contributed by atoms with E-state index in [1.165, 1.54) is 6.07 Å². The van der Waals surface area contributed by atoms with Gasteiger partial charge in [0.25, 0.3) is 0 Å². The second kappa shape index (κ2) is 6.65. The van der Waals surface area contributed by atoms with Crippen molar-refractivity contribution in [2.24, 2.45) is 0 Å². The Morgan fingerprint density at radius 1 is 1.35 bits per heavy atom. The van der Waals surface area contributed by atoms with Gasteiger partial charge >= 0.3 is 6.09 Å². The molecule has 1 N–H and O–H groups in total. The number of fused-ring (bicyclic) bond motifs is 3. The molecular weight excluding hydrogens is 355 g/mol. The zero-order valence-electron chi connectivity index (χ0n) is 14.3. The molecule has 0 fully saturated rings. The number of hydrogen-bond donors (Lipinski definition) is 1. The van der Waals surface area contributed by atoms with Crippen LogP contribution in [-0.4, -0.2) is 29.1 Å². The van der Waals surface area contributed by atoms with E-state index in [9.17, 15) is 9.18 Å². The Balaban J connectivity index is 1.91. The van der Waals surface area contributed by atoms with E-state index in [2.05, 4.69) is 4.98 Å². The number of aromatic nitrogens is 1. The van der Waals surface area contributed by atoms with Crippen LogP contribution in [0.15, 0.2) is 42.5 Å². The number of rotatable bonds is 2. The molecular formula is C20H18ClFN2O2. The molecule has 6 heteroatoms. The number of carbonyl (C=O) groups excluding carboxylic acids is 1. The molecule has 2 heterocycles. The third-order valence-electron chi connectivity index (χ3n) is 4.79. The lowest BCUT2D eigenvalue weighted by Crippen LogP contribution is -2.41. The van der Waals surface area contributed by atoms with Crippen molar-refractivity contribution >= 4 is 28.6 Å². The molecule has 0 saturated carbocycles. The fourth-order valence-electron chi connectivity index (χ4n) is 3.68. The van der Waals surface area contributed by atoms with E-state index in [0.717, 1.165) is 22.2 Å². The van der Waals surface area contributed by atoms with Crippen molar-refractivity contribution in [3.8, 4) is 0 Å². The second-order valence-electron chi connectivity index (χ2n) is 6.27. The summed E-state index contributed by atoms with van der Waals surface area (Å²) in [4.78, 5) is 17.5. The molecule has 4 nitrogen and oxygen atoms in total. The fraction of sp³-hybridized carbons (Fsp3) is 0.250. The van der Waals surface area contributed by atoms with E-state index in [1.54, 1.807) is 30.0 Å². The maximum Gasteiger partial charge on any atom is 0.410 e. The van der Waals surface area contributed by atoms with E-state index in [4.69, 9.17) is 16.3 Å². The molecule has 1 aliphatic heterocycles. The van der Waals surface area contributed by atoms with Crippen LogP contribution >= 0.6 is 11.6 Å². The Kier molecular flexibility index (Phi) is 4.32. The van der Waals surface area contributed by atoms with Gasteiger partial charge in [0, 0.05) is 33.7 Å². The minimum Gasteiger partial charge on any atom is -0.450 e. The van der Waals surface area contributed by atoms with Crippen molar-refractivity contribution in [1.82, 2.24) is 9.88 Å².